The highest BCUT2D eigenvalue weighted by molar-refractivity contribution is 5.77. The molecule has 0 saturated carbocycles. The van der Waals surface area contributed by atoms with Gasteiger partial charge in [0, 0.05) is 12.8 Å². The van der Waals surface area contributed by atoms with E-state index in [2.05, 4.69) is 32.0 Å². The number of carbonyl (C=O) groups excluding carboxylic acids is 1. The van der Waals surface area contributed by atoms with Gasteiger partial charge in [-0.2, -0.15) is 0 Å². The van der Waals surface area contributed by atoms with E-state index in [1.54, 1.807) is 0 Å². The van der Waals surface area contributed by atoms with E-state index in [1.807, 2.05) is 26.8 Å². The zero-order valence-corrected chi connectivity index (χ0v) is 15.2. The fourth-order valence-corrected chi connectivity index (χ4v) is 2.06. The molecular formula is C20H34O2. The monoisotopic (exact) mass is 306 g/mol. The first-order valence-electron chi connectivity index (χ1n) is 8.85. The summed E-state index contributed by atoms with van der Waals surface area (Å²) < 4.78 is 5.74. The van der Waals surface area contributed by atoms with E-state index >= 15 is 0 Å². The molecule has 0 unspecified atom stereocenters. The molecule has 22 heavy (non-hydrogen) atoms. The maximum absolute atomic E-state index is 11.2. The minimum Gasteiger partial charge on any atom is -0.493 e. The van der Waals surface area contributed by atoms with Crippen molar-refractivity contribution in [2.45, 2.75) is 73.1 Å². The van der Waals surface area contributed by atoms with Gasteiger partial charge < -0.3 is 4.74 Å². The molecule has 0 heterocycles. The molecule has 126 valence electrons. The first kappa shape index (κ1) is 20.7. The van der Waals surface area contributed by atoms with Crippen molar-refractivity contribution in [2.24, 2.45) is 5.92 Å². The minimum absolute atomic E-state index is 0.383. The van der Waals surface area contributed by atoms with Gasteiger partial charge in [-0.25, -0.2) is 0 Å². The van der Waals surface area contributed by atoms with Crippen LogP contribution in [0.1, 0.15) is 72.3 Å². The van der Waals surface area contributed by atoms with Gasteiger partial charge >= 0.3 is 0 Å². The normalized spacial score (nSPS) is 10.1. The van der Waals surface area contributed by atoms with E-state index in [4.69, 9.17) is 4.74 Å². The van der Waals surface area contributed by atoms with Gasteiger partial charge in [-0.1, -0.05) is 53.2 Å². The topological polar surface area (TPSA) is 26.3 Å². The third kappa shape index (κ3) is 10.4. The Morgan fingerprint density at radius 2 is 1.86 bits per heavy atom. The molecule has 0 fully saturated rings. The number of Topliss-reactive ketones (excluding diaryl/α,β-unsaturated/α-hetero) is 1. The van der Waals surface area contributed by atoms with E-state index in [1.165, 1.54) is 5.56 Å². The van der Waals surface area contributed by atoms with E-state index in [-0.39, 0.29) is 0 Å². The number of carbonyl (C=O) groups is 1. The fraction of sp³-hybridized carbons (Fsp3) is 0.650. The number of rotatable bonds is 10. The molecule has 0 spiro atoms. The van der Waals surface area contributed by atoms with Crippen LogP contribution in [0.2, 0.25) is 0 Å². The molecular weight excluding hydrogens is 272 g/mol. The molecule has 0 N–H and O–H groups in total. The lowest BCUT2D eigenvalue weighted by molar-refractivity contribution is -0.118. The summed E-state index contributed by atoms with van der Waals surface area (Å²) in [5.74, 6) is 1.90. The molecule has 0 aliphatic carbocycles. The number of hydrogen-bond acceptors (Lipinski definition) is 2. The molecule has 0 radical (unpaired) electrons. The summed E-state index contributed by atoms with van der Waals surface area (Å²) in [6.07, 6.45) is 5.78. The van der Waals surface area contributed by atoms with Crippen LogP contribution in [-0.4, -0.2) is 12.4 Å². The number of ether oxygens (including phenoxy) is 1. The van der Waals surface area contributed by atoms with Crippen LogP contribution in [0, 0.1) is 5.92 Å². The predicted molar refractivity (Wildman–Crippen MR) is 95.6 cm³/mol. The number of ketones is 1. The van der Waals surface area contributed by atoms with Crippen LogP contribution >= 0.6 is 0 Å². The average Bonchev–Trinajstić information content (AvgIpc) is 2.54. The fourth-order valence-electron chi connectivity index (χ4n) is 2.06. The predicted octanol–water partition coefficient (Wildman–Crippen LogP) is 5.83. The Balaban J connectivity index is 0.00000211. The van der Waals surface area contributed by atoms with Crippen molar-refractivity contribution in [3.05, 3.63) is 29.8 Å². The molecule has 0 aliphatic rings. The molecule has 0 bridgehead atoms. The second-order valence-electron chi connectivity index (χ2n) is 5.81. The van der Waals surface area contributed by atoms with Crippen LogP contribution < -0.4 is 4.74 Å². The number of aryl methyl sites for hydroxylation is 1. The van der Waals surface area contributed by atoms with Gasteiger partial charge in [-0.05, 0) is 42.9 Å². The molecule has 0 aliphatic heterocycles. The highest BCUT2D eigenvalue weighted by Crippen LogP contribution is 2.16. The number of hydrogen-bond donors (Lipinski definition) is 0. The molecule has 0 atom stereocenters. The summed E-state index contributed by atoms with van der Waals surface area (Å²) in [5, 5.41) is 0. The van der Waals surface area contributed by atoms with Gasteiger partial charge in [0.05, 0.1) is 6.61 Å². The van der Waals surface area contributed by atoms with Crippen molar-refractivity contribution in [2.75, 3.05) is 6.61 Å². The first-order chi connectivity index (χ1) is 10.6. The second kappa shape index (κ2) is 13.4. The van der Waals surface area contributed by atoms with Gasteiger partial charge in [0.25, 0.3) is 0 Å². The Labute approximate surface area is 137 Å². The molecule has 1 aromatic carbocycles. The average molecular weight is 306 g/mol. The molecule has 2 heteroatoms. The van der Waals surface area contributed by atoms with Gasteiger partial charge in [0.1, 0.15) is 11.5 Å². The summed E-state index contributed by atoms with van der Waals surface area (Å²) in [6, 6.07) is 8.37. The van der Waals surface area contributed by atoms with Gasteiger partial charge in [0.15, 0.2) is 0 Å². The molecule has 1 aromatic rings. The summed E-state index contributed by atoms with van der Waals surface area (Å²) in [4.78, 5) is 11.2. The first-order valence-corrected chi connectivity index (χ1v) is 8.85. The van der Waals surface area contributed by atoms with Crippen LogP contribution in [-0.2, 0) is 11.2 Å². The summed E-state index contributed by atoms with van der Waals surface area (Å²) in [7, 11) is 0. The van der Waals surface area contributed by atoms with Crippen molar-refractivity contribution < 1.29 is 9.53 Å². The Morgan fingerprint density at radius 3 is 2.50 bits per heavy atom. The quantitative estimate of drug-likeness (QED) is 0.508. The summed E-state index contributed by atoms with van der Waals surface area (Å²) >= 11 is 0. The zero-order valence-electron chi connectivity index (χ0n) is 15.2. The van der Waals surface area contributed by atoms with E-state index in [9.17, 15) is 4.79 Å². The summed E-state index contributed by atoms with van der Waals surface area (Å²) in [5.41, 5.74) is 1.33. The second-order valence-corrected chi connectivity index (χ2v) is 5.81. The van der Waals surface area contributed by atoms with Gasteiger partial charge in [-0.15, -0.1) is 0 Å². The van der Waals surface area contributed by atoms with Crippen LogP contribution in [0.15, 0.2) is 24.3 Å². The Hall–Kier alpha value is -1.31. The van der Waals surface area contributed by atoms with Crippen LogP contribution in [0.5, 0.6) is 5.75 Å². The zero-order chi connectivity index (χ0) is 16.8. The Morgan fingerprint density at radius 1 is 1.14 bits per heavy atom. The molecule has 2 nitrogen and oxygen atoms in total. The SMILES string of the molecule is CC.CCC(=O)CCCCCc1cccc(OCC(C)C)c1. The molecule has 1 rings (SSSR count). The maximum Gasteiger partial charge on any atom is 0.132 e. The third-order valence-corrected chi connectivity index (χ3v) is 3.30. The van der Waals surface area contributed by atoms with Crippen molar-refractivity contribution in [1.29, 1.82) is 0 Å². The lowest BCUT2D eigenvalue weighted by Crippen LogP contribution is -2.04. The van der Waals surface area contributed by atoms with Crippen molar-refractivity contribution in [1.82, 2.24) is 0 Å². The number of unbranched alkanes of at least 4 members (excludes halogenated alkanes) is 2. The Bertz CT molecular complexity index is 396. The standard InChI is InChI=1S/C18H28O2.C2H6/c1-4-17(19)11-7-5-6-9-16-10-8-12-18(13-16)20-14-15(2)3;1-2/h8,10,12-13,15H,4-7,9,11,14H2,1-3H3;1-2H3. The third-order valence-electron chi connectivity index (χ3n) is 3.30. The van der Waals surface area contributed by atoms with Crippen LogP contribution in [0.4, 0.5) is 0 Å². The van der Waals surface area contributed by atoms with Crippen molar-refractivity contribution >= 4 is 5.78 Å². The highest BCUT2D eigenvalue weighted by atomic mass is 16.5. The van der Waals surface area contributed by atoms with Gasteiger partial charge in [-0.3, -0.25) is 4.79 Å². The largest absolute Gasteiger partial charge is 0.493 e. The smallest absolute Gasteiger partial charge is 0.132 e. The van der Waals surface area contributed by atoms with Crippen LogP contribution in [0.25, 0.3) is 0 Å². The van der Waals surface area contributed by atoms with Crippen LogP contribution in [0.3, 0.4) is 0 Å². The molecule has 0 saturated heterocycles. The lowest BCUT2D eigenvalue weighted by atomic mass is 10.0. The van der Waals surface area contributed by atoms with E-state index in [0.29, 0.717) is 18.1 Å². The van der Waals surface area contributed by atoms with Gasteiger partial charge in [0.2, 0.25) is 0 Å². The molecule has 0 amide bonds. The Kier molecular flexibility index (Phi) is 12.6. The van der Waals surface area contributed by atoms with E-state index in [0.717, 1.165) is 44.5 Å². The maximum atomic E-state index is 11.2. The minimum atomic E-state index is 0.383. The number of benzene rings is 1. The summed E-state index contributed by atoms with van der Waals surface area (Å²) in [6.45, 7) is 11.0. The highest BCUT2D eigenvalue weighted by Gasteiger charge is 2.01. The van der Waals surface area contributed by atoms with Crippen molar-refractivity contribution in [3.63, 3.8) is 0 Å². The lowest BCUT2D eigenvalue weighted by Gasteiger charge is -2.10. The van der Waals surface area contributed by atoms with E-state index < -0.39 is 0 Å². The molecule has 0 aromatic heterocycles. The van der Waals surface area contributed by atoms with Crippen molar-refractivity contribution in [3.8, 4) is 5.75 Å².